The number of esters is 1. The van der Waals surface area contributed by atoms with Crippen LogP contribution in [0, 0.1) is 0 Å². The van der Waals surface area contributed by atoms with Gasteiger partial charge in [0, 0.05) is 41.1 Å². The molecule has 122 valence electrons. The Morgan fingerprint density at radius 2 is 2.09 bits per heavy atom. The van der Waals surface area contributed by atoms with E-state index in [2.05, 4.69) is 11.9 Å². The first kappa shape index (κ1) is 16.4. The fraction of sp³-hybridized carbons (Fsp3) is 0.353. The van der Waals surface area contributed by atoms with E-state index in [1.165, 1.54) is 0 Å². The minimum Gasteiger partial charge on any atom is -0.462 e. The maximum atomic E-state index is 11.7. The zero-order chi connectivity index (χ0) is 15.3. The molecule has 0 N–H and O–H groups in total. The van der Waals surface area contributed by atoms with Crippen molar-refractivity contribution in [1.29, 1.82) is 0 Å². The van der Waals surface area contributed by atoms with Gasteiger partial charge in [0.05, 0.1) is 6.61 Å². The summed E-state index contributed by atoms with van der Waals surface area (Å²) in [5.41, 5.74) is 3.76. The second-order valence-electron chi connectivity index (χ2n) is 5.89. The Morgan fingerprint density at radius 3 is 2.83 bits per heavy atom. The van der Waals surface area contributed by atoms with Crippen molar-refractivity contribution < 1.29 is 13.9 Å². The number of ether oxygens (including phenoxy) is 1. The Balaban J connectivity index is 0.00000156. The van der Waals surface area contributed by atoms with Gasteiger partial charge in [0.25, 0.3) is 0 Å². The van der Waals surface area contributed by atoms with Crippen molar-refractivity contribution in [2.75, 3.05) is 20.2 Å². The SMILES string of the molecule is CN1CCc2c(Cl)ccc3oc(/C=C4\CCOC4=O)c(c23)C1.Cl. The zero-order valence-electron chi connectivity index (χ0n) is 12.7. The number of hydrogen-bond donors (Lipinski definition) is 0. The summed E-state index contributed by atoms with van der Waals surface area (Å²) in [5, 5.41) is 1.89. The Kier molecular flexibility index (Phi) is 4.41. The van der Waals surface area contributed by atoms with Crippen molar-refractivity contribution in [2.45, 2.75) is 19.4 Å². The molecule has 4 nitrogen and oxygen atoms in total. The predicted molar refractivity (Wildman–Crippen MR) is 92.1 cm³/mol. The molecule has 6 heteroatoms. The molecule has 1 saturated heterocycles. The van der Waals surface area contributed by atoms with Crippen molar-refractivity contribution in [3.63, 3.8) is 0 Å². The summed E-state index contributed by atoms with van der Waals surface area (Å²) in [4.78, 5) is 13.9. The normalized spacial score (nSPS) is 19.7. The number of benzene rings is 1. The molecule has 0 radical (unpaired) electrons. The first-order valence-corrected chi connectivity index (χ1v) is 7.80. The lowest BCUT2D eigenvalue weighted by atomic mass is 10.0. The Labute approximate surface area is 145 Å². The van der Waals surface area contributed by atoms with Crippen LogP contribution in [0.2, 0.25) is 5.02 Å². The minimum absolute atomic E-state index is 0. The van der Waals surface area contributed by atoms with Crippen LogP contribution in [0.25, 0.3) is 17.0 Å². The Bertz CT molecular complexity index is 810. The number of nitrogens with zero attached hydrogens (tertiary/aromatic N) is 1. The first-order valence-electron chi connectivity index (χ1n) is 7.42. The average molecular weight is 354 g/mol. The molecule has 1 aromatic heterocycles. The Hall–Kier alpha value is -1.49. The molecule has 2 aromatic rings. The summed E-state index contributed by atoms with van der Waals surface area (Å²) < 4.78 is 11.0. The van der Waals surface area contributed by atoms with Crippen LogP contribution >= 0.6 is 24.0 Å². The second kappa shape index (κ2) is 6.19. The van der Waals surface area contributed by atoms with E-state index in [4.69, 9.17) is 20.8 Å². The van der Waals surface area contributed by atoms with Crippen LogP contribution in [0.1, 0.15) is 23.3 Å². The quantitative estimate of drug-likeness (QED) is 0.577. The van der Waals surface area contributed by atoms with Gasteiger partial charge in [-0.1, -0.05) is 11.6 Å². The summed E-state index contributed by atoms with van der Waals surface area (Å²) in [7, 11) is 2.08. The largest absolute Gasteiger partial charge is 0.462 e. The van der Waals surface area contributed by atoms with Gasteiger partial charge in [0.2, 0.25) is 0 Å². The molecular weight excluding hydrogens is 337 g/mol. The lowest BCUT2D eigenvalue weighted by Crippen LogP contribution is -2.18. The maximum absolute atomic E-state index is 11.7. The fourth-order valence-electron chi connectivity index (χ4n) is 3.23. The molecule has 0 aliphatic carbocycles. The van der Waals surface area contributed by atoms with Gasteiger partial charge < -0.3 is 14.1 Å². The highest BCUT2D eigenvalue weighted by Gasteiger charge is 2.25. The molecule has 3 heterocycles. The van der Waals surface area contributed by atoms with Crippen molar-refractivity contribution in [3.05, 3.63) is 39.6 Å². The molecule has 1 fully saturated rings. The van der Waals surface area contributed by atoms with Gasteiger partial charge in [-0.3, -0.25) is 0 Å². The highest BCUT2D eigenvalue weighted by Crippen LogP contribution is 2.37. The lowest BCUT2D eigenvalue weighted by Gasteiger charge is -2.13. The van der Waals surface area contributed by atoms with E-state index in [1.54, 1.807) is 0 Å². The molecule has 0 bridgehead atoms. The van der Waals surface area contributed by atoms with Crippen LogP contribution in [0.3, 0.4) is 0 Å². The van der Waals surface area contributed by atoms with E-state index in [0.717, 1.165) is 52.4 Å². The summed E-state index contributed by atoms with van der Waals surface area (Å²) in [6, 6.07) is 3.80. The fourth-order valence-corrected chi connectivity index (χ4v) is 3.48. The van der Waals surface area contributed by atoms with Crippen molar-refractivity contribution in [3.8, 4) is 0 Å². The Morgan fingerprint density at radius 1 is 1.26 bits per heavy atom. The van der Waals surface area contributed by atoms with Gasteiger partial charge in [-0.2, -0.15) is 0 Å². The van der Waals surface area contributed by atoms with Gasteiger partial charge in [-0.25, -0.2) is 4.79 Å². The molecule has 0 unspecified atom stereocenters. The smallest absolute Gasteiger partial charge is 0.334 e. The molecule has 23 heavy (non-hydrogen) atoms. The van der Waals surface area contributed by atoms with Crippen LogP contribution < -0.4 is 0 Å². The monoisotopic (exact) mass is 353 g/mol. The molecule has 0 atom stereocenters. The van der Waals surface area contributed by atoms with Crippen molar-refractivity contribution in [1.82, 2.24) is 4.90 Å². The predicted octanol–water partition coefficient (Wildman–Crippen LogP) is 3.83. The topological polar surface area (TPSA) is 42.7 Å². The number of carbonyl (C=O) groups is 1. The third-order valence-corrected chi connectivity index (χ3v) is 4.73. The first-order chi connectivity index (χ1) is 10.6. The van der Waals surface area contributed by atoms with E-state index in [-0.39, 0.29) is 18.4 Å². The molecule has 0 spiro atoms. The van der Waals surface area contributed by atoms with E-state index < -0.39 is 0 Å². The second-order valence-corrected chi connectivity index (χ2v) is 6.29. The summed E-state index contributed by atoms with van der Waals surface area (Å²) in [5.74, 6) is 0.508. The van der Waals surface area contributed by atoms with Crippen LogP contribution in [-0.2, 0) is 22.5 Å². The van der Waals surface area contributed by atoms with Gasteiger partial charge in [0.15, 0.2) is 0 Å². The maximum Gasteiger partial charge on any atom is 0.334 e. The number of furan rings is 1. The lowest BCUT2D eigenvalue weighted by molar-refractivity contribution is -0.134. The van der Waals surface area contributed by atoms with E-state index in [9.17, 15) is 4.79 Å². The highest BCUT2D eigenvalue weighted by molar-refractivity contribution is 6.32. The third kappa shape index (κ3) is 2.75. The van der Waals surface area contributed by atoms with Crippen molar-refractivity contribution in [2.24, 2.45) is 0 Å². The number of likely N-dealkylation sites (N-methyl/N-ethyl adjacent to an activating group) is 1. The molecule has 2 aliphatic heterocycles. The molecule has 0 amide bonds. The molecule has 1 aromatic carbocycles. The van der Waals surface area contributed by atoms with Crippen LogP contribution in [0.15, 0.2) is 22.1 Å². The summed E-state index contributed by atoms with van der Waals surface area (Å²) >= 11 is 6.38. The number of halogens is 2. The van der Waals surface area contributed by atoms with E-state index in [0.29, 0.717) is 18.6 Å². The van der Waals surface area contributed by atoms with Crippen LogP contribution in [0.4, 0.5) is 0 Å². The number of cyclic esters (lactones) is 1. The number of rotatable bonds is 1. The van der Waals surface area contributed by atoms with Gasteiger partial charge in [-0.05, 0) is 37.2 Å². The third-order valence-electron chi connectivity index (χ3n) is 4.38. The molecular formula is C17H17Cl2NO3. The minimum atomic E-state index is -0.243. The van der Waals surface area contributed by atoms with Crippen LogP contribution in [-0.4, -0.2) is 31.1 Å². The summed E-state index contributed by atoms with van der Waals surface area (Å²) in [6.45, 7) is 2.19. The van der Waals surface area contributed by atoms with Gasteiger partial charge >= 0.3 is 5.97 Å². The van der Waals surface area contributed by atoms with Gasteiger partial charge in [0.1, 0.15) is 11.3 Å². The highest BCUT2D eigenvalue weighted by atomic mass is 35.5. The van der Waals surface area contributed by atoms with Gasteiger partial charge in [-0.15, -0.1) is 12.4 Å². The standard InChI is InChI=1S/C17H16ClNO3.ClH/c1-19-6-4-11-13(18)2-3-14-16(11)12(9-19)15(22-14)8-10-5-7-21-17(10)20;/h2-3,8H,4-7,9H2,1H3;1H/b10-8+;. The van der Waals surface area contributed by atoms with Crippen molar-refractivity contribution >= 4 is 47.0 Å². The molecule has 4 rings (SSSR count). The molecule has 0 saturated carbocycles. The average Bonchev–Trinajstić information content (AvgIpc) is 2.98. The van der Waals surface area contributed by atoms with E-state index >= 15 is 0 Å². The van der Waals surface area contributed by atoms with E-state index in [1.807, 2.05) is 18.2 Å². The summed E-state index contributed by atoms with van der Waals surface area (Å²) in [6.07, 6.45) is 3.37. The number of hydrogen-bond acceptors (Lipinski definition) is 4. The zero-order valence-corrected chi connectivity index (χ0v) is 14.3. The number of carbonyl (C=O) groups excluding carboxylic acids is 1. The molecule has 2 aliphatic rings. The van der Waals surface area contributed by atoms with Crippen LogP contribution in [0.5, 0.6) is 0 Å².